The summed E-state index contributed by atoms with van der Waals surface area (Å²) in [4.78, 5) is 34.4. The van der Waals surface area contributed by atoms with Gasteiger partial charge < -0.3 is 14.2 Å². The first-order valence-corrected chi connectivity index (χ1v) is 14.1. The average Bonchev–Trinajstić information content (AvgIpc) is 3.38. The third-order valence-corrected chi connectivity index (χ3v) is 8.27. The lowest BCUT2D eigenvalue weighted by molar-refractivity contribution is -0.139. The highest BCUT2D eigenvalue weighted by Crippen LogP contribution is 2.31. The van der Waals surface area contributed by atoms with E-state index in [1.165, 1.54) is 16.9 Å². The van der Waals surface area contributed by atoms with Gasteiger partial charge >= 0.3 is 5.97 Å². The molecule has 0 N–H and O–H groups in total. The zero-order valence-electron chi connectivity index (χ0n) is 24.0. The van der Waals surface area contributed by atoms with Gasteiger partial charge in [0.25, 0.3) is 5.56 Å². The predicted molar refractivity (Wildman–Crippen MR) is 161 cm³/mol. The number of carbonyl (C=O) groups is 1. The Balaban J connectivity index is 1.67. The Kier molecular flexibility index (Phi) is 7.38. The van der Waals surface area contributed by atoms with E-state index in [2.05, 4.69) is 55.7 Å². The van der Waals surface area contributed by atoms with Crippen molar-refractivity contribution in [2.75, 3.05) is 25.6 Å². The van der Waals surface area contributed by atoms with Crippen molar-refractivity contribution in [3.05, 3.63) is 114 Å². The molecule has 2 aromatic carbocycles. The van der Waals surface area contributed by atoms with Gasteiger partial charge in [-0.2, -0.15) is 0 Å². The normalized spacial score (nSPS) is 15.2. The van der Waals surface area contributed by atoms with Gasteiger partial charge in [0, 0.05) is 36.9 Å². The number of aryl methyl sites for hydroxylation is 2. The molecule has 0 spiro atoms. The third kappa shape index (κ3) is 4.84. The molecule has 0 radical (unpaired) electrons. The number of rotatable bonds is 6. The molecule has 0 saturated heterocycles. The summed E-state index contributed by atoms with van der Waals surface area (Å²) < 4.78 is 9.82. The summed E-state index contributed by atoms with van der Waals surface area (Å²) in [5.41, 5.74) is 8.00. The van der Waals surface area contributed by atoms with Gasteiger partial charge in [-0.15, -0.1) is 0 Å². The average molecular weight is 555 g/mol. The van der Waals surface area contributed by atoms with Gasteiger partial charge in [-0.3, -0.25) is 9.36 Å². The summed E-state index contributed by atoms with van der Waals surface area (Å²) >= 11 is 1.34. The van der Waals surface area contributed by atoms with Gasteiger partial charge in [0.2, 0.25) is 0 Å². The van der Waals surface area contributed by atoms with E-state index in [1.807, 2.05) is 49.3 Å². The van der Waals surface area contributed by atoms with Crippen LogP contribution in [0.2, 0.25) is 0 Å². The molecule has 1 unspecified atom stereocenters. The smallest absolute Gasteiger partial charge is 0.338 e. The number of anilines is 1. The number of fused-ring (bicyclic) bond motifs is 1. The molecule has 0 saturated carbocycles. The van der Waals surface area contributed by atoms with Gasteiger partial charge in [0.15, 0.2) is 4.80 Å². The minimum Gasteiger partial charge on any atom is -0.463 e. The summed E-state index contributed by atoms with van der Waals surface area (Å²) in [5, 5.41) is 0. The Bertz CT molecular complexity index is 1800. The Labute approximate surface area is 238 Å². The fraction of sp³-hybridized carbons (Fsp3) is 0.281. The van der Waals surface area contributed by atoms with Crippen molar-refractivity contribution in [1.82, 2.24) is 9.13 Å². The summed E-state index contributed by atoms with van der Waals surface area (Å²) in [6.07, 6.45) is 1.94. The quantitative estimate of drug-likeness (QED) is 0.327. The first kappa shape index (κ1) is 27.4. The van der Waals surface area contributed by atoms with E-state index in [0.717, 1.165) is 33.9 Å². The van der Waals surface area contributed by atoms with Crippen molar-refractivity contribution in [3.63, 3.8) is 0 Å². The molecular weight excluding hydrogens is 520 g/mol. The molecule has 1 aliphatic heterocycles. The van der Waals surface area contributed by atoms with Crippen molar-refractivity contribution >= 4 is 29.1 Å². The summed E-state index contributed by atoms with van der Waals surface area (Å²) in [6.45, 7) is 10.0. The molecule has 3 heterocycles. The minimum absolute atomic E-state index is 0.181. The Morgan fingerprint density at radius 1 is 1.05 bits per heavy atom. The molecule has 1 aliphatic rings. The number of hydrogen-bond acceptors (Lipinski definition) is 6. The highest BCUT2D eigenvalue weighted by Gasteiger charge is 2.33. The number of thiazole rings is 1. The SMILES string of the molecule is CCOC(=O)C1=C(C)N=c2s/c(=C/c3cc(C)n(-c4ccc(C)cc4)c3C)c(=O)n2C1c1ccc(N(C)C)cc1. The number of nitrogens with zero attached hydrogens (tertiary/aromatic N) is 4. The van der Waals surface area contributed by atoms with Crippen molar-refractivity contribution in [3.8, 4) is 5.69 Å². The van der Waals surface area contributed by atoms with Crippen molar-refractivity contribution in [1.29, 1.82) is 0 Å². The fourth-order valence-electron chi connectivity index (χ4n) is 5.23. The number of aromatic nitrogens is 2. The highest BCUT2D eigenvalue weighted by molar-refractivity contribution is 7.07. The van der Waals surface area contributed by atoms with Crippen molar-refractivity contribution < 1.29 is 9.53 Å². The molecule has 0 aliphatic carbocycles. The monoisotopic (exact) mass is 554 g/mol. The van der Waals surface area contributed by atoms with Crippen LogP contribution in [0.3, 0.4) is 0 Å². The zero-order valence-corrected chi connectivity index (χ0v) is 24.8. The second kappa shape index (κ2) is 10.8. The van der Waals surface area contributed by atoms with Gasteiger partial charge in [-0.25, -0.2) is 9.79 Å². The van der Waals surface area contributed by atoms with E-state index in [1.54, 1.807) is 18.4 Å². The van der Waals surface area contributed by atoms with Crippen LogP contribution in [0.25, 0.3) is 11.8 Å². The van der Waals surface area contributed by atoms with E-state index < -0.39 is 12.0 Å². The molecule has 1 atom stereocenters. The van der Waals surface area contributed by atoms with E-state index in [-0.39, 0.29) is 12.2 Å². The Morgan fingerprint density at radius 3 is 2.35 bits per heavy atom. The molecular formula is C32H34N4O3S. The molecule has 206 valence electrons. The lowest BCUT2D eigenvalue weighted by Crippen LogP contribution is -2.40. The van der Waals surface area contributed by atoms with Crippen LogP contribution in [0.1, 0.15) is 48.0 Å². The summed E-state index contributed by atoms with van der Waals surface area (Å²) in [6, 6.07) is 17.8. The highest BCUT2D eigenvalue weighted by atomic mass is 32.1. The van der Waals surface area contributed by atoms with Gasteiger partial charge in [-0.1, -0.05) is 41.2 Å². The van der Waals surface area contributed by atoms with Crippen LogP contribution >= 0.6 is 11.3 Å². The number of esters is 1. The van der Waals surface area contributed by atoms with Crippen LogP contribution in [0.5, 0.6) is 0 Å². The van der Waals surface area contributed by atoms with Gasteiger partial charge in [0.1, 0.15) is 0 Å². The molecule has 8 heteroatoms. The van der Waals surface area contributed by atoms with Crippen LogP contribution in [0, 0.1) is 20.8 Å². The number of hydrogen-bond donors (Lipinski definition) is 0. The summed E-state index contributed by atoms with van der Waals surface area (Å²) in [7, 11) is 3.95. The maximum atomic E-state index is 14.0. The molecule has 40 heavy (non-hydrogen) atoms. The number of allylic oxidation sites excluding steroid dienone is 1. The van der Waals surface area contributed by atoms with Crippen molar-refractivity contribution in [2.45, 2.75) is 40.7 Å². The van der Waals surface area contributed by atoms with E-state index >= 15 is 0 Å². The first-order valence-electron chi connectivity index (χ1n) is 13.3. The lowest BCUT2D eigenvalue weighted by atomic mass is 9.95. The van der Waals surface area contributed by atoms with Crippen LogP contribution in [-0.4, -0.2) is 35.8 Å². The maximum Gasteiger partial charge on any atom is 0.338 e. The Hall–Kier alpha value is -4.17. The van der Waals surface area contributed by atoms with Crippen LogP contribution < -0.4 is 19.8 Å². The molecule has 0 bridgehead atoms. The molecule has 5 rings (SSSR count). The Morgan fingerprint density at radius 2 is 1.73 bits per heavy atom. The van der Waals surface area contributed by atoms with Crippen LogP contribution in [0.4, 0.5) is 5.69 Å². The van der Waals surface area contributed by atoms with Gasteiger partial charge in [-0.05, 0) is 82.2 Å². The molecule has 7 nitrogen and oxygen atoms in total. The second-order valence-corrected chi connectivity index (χ2v) is 11.3. The van der Waals surface area contributed by atoms with Crippen LogP contribution in [0.15, 0.2) is 75.7 Å². The third-order valence-electron chi connectivity index (χ3n) is 7.29. The summed E-state index contributed by atoms with van der Waals surface area (Å²) in [5.74, 6) is -0.457. The fourth-order valence-corrected chi connectivity index (χ4v) is 6.27. The van der Waals surface area contributed by atoms with E-state index in [9.17, 15) is 9.59 Å². The molecule has 4 aromatic rings. The zero-order chi connectivity index (χ0) is 28.7. The lowest BCUT2D eigenvalue weighted by Gasteiger charge is -2.25. The first-order chi connectivity index (χ1) is 19.1. The van der Waals surface area contributed by atoms with E-state index in [4.69, 9.17) is 9.73 Å². The largest absolute Gasteiger partial charge is 0.463 e. The number of benzene rings is 2. The predicted octanol–water partition coefficient (Wildman–Crippen LogP) is 4.58. The standard InChI is InChI=1S/C32H34N4O3S/c1-8-39-31(38)28-21(4)33-32-36(29(28)23-11-15-25(16-12-23)34(6)7)30(37)27(40-32)18-24-17-20(3)35(22(24)5)26-13-9-19(2)10-14-26/h9-18,29H,8H2,1-7H3/b27-18+. The number of ether oxygens (including phenoxy) is 1. The van der Waals surface area contributed by atoms with Crippen molar-refractivity contribution in [2.24, 2.45) is 4.99 Å². The van der Waals surface area contributed by atoms with Crippen LogP contribution in [-0.2, 0) is 9.53 Å². The maximum absolute atomic E-state index is 14.0. The molecule has 0 amide bonds. The molecule has 2 aromatic heterocycles. The number of carbonyl (C=O) groups excluding carboxylic acids is 1. The van der Waals surface area contributed by atoms with Gasteiger partial charge in [0.05, 0.1) is 28.5 Å². The van der Waals surface area contributed by atoms with E-state index in [0.29, 0.717) is 20.6 Å². The molecule has 0 fully saturated rings. The minimum atomic E-state index is -0.631. The topological polar surface area (TPSA) is 68.8 Å². The second-order valence-electron chi connectivity index (χ2n) is 10.3.